The van der Waals surface area contributed by atoms with Gasteiger partial charge in [0.15, 0.2) is 0 Å². The highest BCUT2D eigenvalue weighted by molar-refractivity contribution is 8.13. The van der Waals surface area contributed by atoms with Crippen LogP contribution in [0.3, 0.4) is 0 Å². The lowest BCUT2D eigenvalue weighted by Gasteiger charge is -2.16. The van der Waals surface area contributed by atoms with Crippen LogP contribution in [0.5, 0.6) is 0 Å². The fourth-order valence-corrected chi connectivity index (χ4v) is 3.27. The second-order valence-corrected chi connectivity index (χ2v) is 7.49. The maximum atomic E-state index is 12.2. The standard InChI is InChI=1S/C13H17Cl2NO4S/c1-4-10(7-20-3)16-13(17)9-5-11(14)8(2)12(6-9)21(15,18)19/h5-6,10H,4,7H2,1-3H3,(H,16,17). The quantitative estimate of drug-likeness (QED) is 0.798. The fourth-order valence-electron chi connectivity index (χ4n) is 1.77. The number of nitrogens with one attached hydrogen (secondary N) is 1. The van der Waals surface area contributed by atoms with Gasteiger partial charge in [0.25, 0.3) is 15.0 Å². The summed E-state index contributed by atoms with van der Waals surface area (Å²) in [6.45, 7) is 3.79. The maximum Gasteiger partial charge on any atom is 0.261 e. The van der Waals surface area contributed by atoms with Crippen molar-refractivity contribution in [2.75, 3.05) is 13.7 Å². The van der Waals surface area contributed by atoms with E-state index in [-0.39, 0.29) is 21.5 Å². The number of hydrogen-bond donors (Lipinski definition) is 1. The summed E-state index contributed by atoms with van der Waals surface area (Å²) < 4.78 is 28.0. The van der Waals surface area contributed by atoms with E-state index in [1.54, 1.807) is 0 Å². The lowest BCUT2D eigenvalue weighted by atomic mass is 10.1. The molecule has 0 aromatic heterocycles. The number of carbonyl (C=O) groups excluding carboxylic acids is 1. The molecule has 1 amide bonds. The Morgan fingerprint density at radius 3 is 2.52 bits per heavy atom. The zero-order valence-corrected chi connectivity index (χ0v) is 14.3. The van der Waals surface area contributed by atoms with E-state index < -0.39 is 15.0 Å². The van der Waals surface area contributed by atoms with E-state index in [2.05, 4.69) is 5.32 Å². The predicted octanol–water partition coefficient (Wildman–Crippen LogP) is 2.73. The fraction of sp³-hybridized carbons (Fsp3) is 0.462. The van der Waals surface area contributed by atoms with E-state index in [9.17, 15) is 13.2 Å². The van der Waals surface area contributed by atoms with Crippen LogP contribution in [-0.4, -0.2) is 34.1 Å². The Bertz CT molecular complexity index is 631. The molecule has 118 valence electrons. The second-order valence-electron chi connectivity index (χ2n) is 4.55. The Labute approximate surface area is 134 Å². The first-order valence-electron chi connectivity index (χ1n) is 6.25. The molecule has 0 bridgehead atoms. The van der Waals surface area contributed by atoms with Crippen LogP contribution >= 0.6 is 22.3 Å². The minimum absolute atomic E-state index is 0.138. The Balaban J connectivity index is 3.14. The van der Waals surface area contributed by atoms with Crippen LogP contribution in [0.2, 0.25) is 5.02 Å². The van der Waals surface area contributed by atoms with Gasteiger partial charge in [-0.15, -0.1) is 0 Å². The molecule has 0 radical (unpaired) electrons. The molecule has 1 aromatic carbocycles. The Kier molecular flexibility index (Phi) is 6.46. The summed E-state index contributed by atoms with van der Waals surface area (Å²) in [6, 6.07) is 2.47. The van der Waals surface area contributed by atoms with E-state index in [4.69, 9.17) is 27.0 Å². The van der Waals surface area contributed by atoms with Crippen LogP contribution in [0.15, 0.2) is 17.0 Å². The first-order valence-corrected chi connectivity index (χ1v) is 8.94. The summed E-state index contributed by atoms with van der Waals surface area (Å²) in [5.41, 5.74) is 0.450. The van der Waals surface area contributed by atoms with E-state index in [0.717, 1.165) is 0 Å². The van der Waals surface area contributed by atoms with Crippen LogP contribution < -0.4 is 5.32 Å². The van der Waals surface area contributed by atoms with Crippen LogP contribution in [0.4, 0.5) is 0 Å². The van der Waals surface area contributed by atoms with Crippen molar-refractivity contribution < 1.29 is 17.9 Å². The molecule has 0 saturated heterocycles. The van der Waals surface area contributed by atoms with Crippen LogP contribution in [0.1, 0.15) is 29.3 Å². The molecule has 0 heterocycles. The van der Waals surface area contributed by atoms with Gasteiger partial charge in [-0.1, -0.05) is 18.5 Å². The third kappa shape index (κ3) is 4.85. The zero-order chi connectivity index (χ0) is 16.2. The average molecular weight is 354 g/mol. The lowest BCUT2D eigenvalue weighted by Crippen LogP contribution is -2.37. The molecular formula is C13H17Cl2NO4S. The number of hydrogen-bond acceptors (Lipinski definition) is 4. The Hall–Kier alpha value is -0.820. The molecule has 0 aliphatic carbocycles. The van der Waals surface area contributed by atoms with E-state index in [1.807, 2.05) is 6.92 Å². The first-order chi connectivity index (χ1) is 9.70. The van der Waals surface area contributed by atoms with Gasteiger partial charge in [0.2, 0.25) is 0 Å². The number of ether oxygens (including phenoxy) is 1. The SMILES string of the molecule is CCC(COC)NC(=O)c1cc(Cl)c(C)c(S(=O)(=O)Cl)c1. The Morgan fingerprint density at radius 2 is 2.05 bits per heavy atom. The third-order valence-electron chi connectivity index (χ3n) is 3.02. The smallest absolute Gasteiger partial charge is 0.261 e. The van der Waals surface area contributed by atoms with E-state index in [0.29, 0.717) is 18.6 Å². The summed E-state index contributed by atoms with van der Waals surface area (Å²) in [5.74, 6) is -0.428. The third-order valence-corrected chi connectivity index (χ3v) is 4.86. The number of carbonyl (C=O) groups is 1. The molecule has 0 saturated carbocycles. The summed E-state index contributed by atoms with van der Waals surface area (Å²) in [4.78, 5) is 12.0. The van der Waals surface area contributed by atoms with E-state index >= 15 is 0 Å². The van der Waals surface area contributed by atoms with Crippen molar-refractivity contribution in [1.82, 2.24) is 5.32 Å². The molecule has 1 N–H and O–H groups in total. The van der Waals surface area contributed by atoms with Crippen molar-refractivity contribution in [3.8, 4) is 0 Å². The Morgan fingerprint density at radius 1 is 1.43 bits per heavy atom. The predicted molar refractivity (Wildman–Crippen MR) is 82.6 cm³/mol. The number of amides is 1. The summed E-state index contributed by atoms with van der Waals surface area (Å²) >= 11 is 5.97. The maximum absolute atomic E-state index is 12.2. The van der Waals surface area contributed by atoms with Gasteiger partial charge in [-0.2, -0.15) is 0 Å². The first kappa shape index (κ1) is 18.2. The van der Waals surface area contributed by atoms with Crippen LogP contribution in [0.25, 0.3) is 0 Å². The highest BCUT2D eigenvalue weighted by Crippen LogP contribution is 2.27. The van der Waals surface area contributed by atoms with Crippen molar-refractivity contribution >= 4 is 37.2 Å². The molecule has 1 rings (SSSR count). The van der Waals surface area contributed by atoms with Gasteiger partial charge < -0.3 is 10.1 Å². The van der Waals surface area contributed by atoms with E-state index in [1.165, 1.54) is 26.2 Å². The number of halogens is 2. The zero-order valence-electron chi connectivity index (χ0n) is 11.9. The highest BCUT2D eigenvalue weighted by Gasteiger charge is 2.20. The topological polar surface area (TPSA) is 72.5 Å². The molecule has 0 fully saturated rings. The van der Waals surface area contributed by atoms with Crippen molar-refractivity contribution in [3.63, 3.8) is 0 Å². The molecule has 1 aromatic rings. The minimum Gasteiger partial charge on any atom is -0.383 e. The second kappa shape index (κ2) is 7.45. The molecule has 21 heavy (non-hydrogen) atoms. The van der Waals surface area contributed by atoms with Crippen LogP contribution in [0, 0.1) is 6.92 Å². The number of methoxy groups -OCH3 is 1. The molecule has 0 aliphatic heterocycles. The van der Waals surface area contributed by atoms with Crippen molar-refractivity contribution in [1.29, 1.82) is 0 Å². The number of rotatable bonds is 6. The number of benzene rings is 1. The van der Waals surface area contributed by atoms with Gasteiger partial charge in [-0.25, -0.2) is 8.42 Å². The normalized spacial score (nSPS) is 13.0. The van der Waals surface area contributed by atoms with Gasteiger partial charge in [0, 0.05) is 28.4 Å². The molecule has 1 atom stereocenters. The average Bonchev–Trinajstić information content (AvgIpc) is 2.39. The lowest BCUT2D eigenvalue weighted by molar-refractivity contribution is 0.0894. The molecule has 0 spiro atoms. The molecular weight excluding hydrogens is 337 g/mol. The van der Waals surface area contributed by atoms with Gasteiger partial charge in [0.05, 0.1) is 17.5 Å². The van der Waals surface area contributed by atoms with Crippen molar-refractivity contribution in [2.24, 2.45) is 0 Å². The van der Waals surface area contributed by atoms with Gasteiger partial charge in [-0.05, 0) is 31.0 Å². The van der Waals surface area contributed by atoms with Crippen molar-refractivity contribution in [2.45, 2.75) is 31.2 Å². The highest BCUT2D eigenvalue weighted by atomic mass is 35.7. The monoisotopic (exact) mass is 353 g/mol. The summed E-state index contributed by atoms with van der Waals surface area (Å²) in [5, 5.41) is 2.92. The minimum atomic E-state index is -3.97. The van der Waals surface area contributed by atoms with Gasteiger partial charge in [0.1, 0.15) is 0 Å². The van der Waals surface area contributed by atoms with Gasteiger partial charge >= 0.3 is 0 Å². The molecule has 0 aliphatic rings. The summed E-state index contributed by atoms with van der Waals surface area (Å²) in [6.07, 6.45) is 0.680. The van der Waals surface area contributed by atoms with Crippen LogP contribution in [-0.2, 0) is 13.8 Å². The molecule has 8 heteroatoms. The van der Waals surface area contributed by atoms with Gasteiger partial charge in [-0.3, -0.25) is 4.79 Å². The summed E-state index contributed by atoms with van der Waals surface area (Å²) in [7, 11) is 2.92. The molecule has 5 nitrogen and oxygen atoms in total. The largest absolute Gasteiger partial charge is 0.383 e. The van der Waals surface area contributed by atoms with Crippen molar-refractivity contribution in [3.05, 3.63) is 28.3 Å². The molecule has 1 unspecified atom stereocenters.